The first-order valence-electron chi connectivity index (χ1n) is 8.38. The minimum atomic E-state index is -0.261. The summed E-state index contributed by atoms with van der Waals surface area (Å²) in [6, 6.07) is 10.5. The minimum absolute atomic E-state index is 0.139. The van der Waals surface area contributed by atoms with E-state index in [0.29, 0.717) is 0 Å². The SMILES string of the molecule is Cc1nc(NC(=O)NC2CCCN(Cc3ccccc3)C2)oc1C. The van der Waals surface area contributed by atoms with Crippen molar-refractivity contribution in [1.82, 2.24) is 15.2 Å². The van der Waals surface area contributed by atoms with Crippen LogP contribution in [0.15, 0.2) is 34.7 Å². The smallest absolute Gasteiger partial charge is 0.323 e. The molecule has 2 aromatic rings. The molecule has 0 saturated carbocycles. The number of benzene rings is 1. The van der Waals surface area contributed by atoms with E-state index in [4.69, 9.17) is 4.42 Å². The van der Waals surface area contributed by atoms with Gasteiger partial charge in [0.1, 0.15) is 5.76 Å². The van der Waals surface area contributed by atoms with Gasteiger partial charge in [-0.25, -0.2) is 4.79 Å². The number of anilines is 1. The van der Waals surface area contributed by atoms with E-state index in [0.717, 1.165) is 43.9 Å². The fourth-order valence-corrected chi connectivity index (χ4v) is 3.00. The molecule has 6 nitrogen and oxygen atoms in total. The molecule has 1 unspecified atom stereocenters. The van der Waals surface area contributed by atoms with Crippen LogP contribution in [0.5, 0.6) is 0 Å². The van der Waals surface area contributed by atoms with Gasteiger partial charge in [0, 0.05) is 19.1 Å². The number of carbonyl (C=O) groups is 1. The van der Waals surface area contributed by atoms with Gasteiger partial charge in [-0.3, -0.25) is 10.2 Å². The van der Waals surface area contributed by atoms with Crippen LogP contribution in [0.2, 0.25) is 0 Å². The summed E-state index contributed by atoms with van der Waals surface area (Å²) in [7, 11) is 0. The summed E-state index contributed by atoms with van der Waals surface area (Å²) in [5, 5.41) is 5.69. The van der Waals surface area contributed by atoms with Gasteiger partial charge in [0.25, 0.3) is 0 Å². The molecule has 3 rings (SSSR count). The fraction of sp³-hybridized carbons (Fsp3) is 0.444. The zero-order chi connectivity index (χ0) is 16.9. The van der Waals surface area contributed by atoms with Crippen molar-refractivity contribution in [1.29, 1.82) is 0 Å². The fourth-order valence-electron chi connectivity index (χ4n) is 3.00. The number of aryl methyl sites for hydroxylation is 2. The largest absolute Gasteiger partial charge is 0.428 e. The van der Waals surface area contributed by atoms with Crippen LogP contribution in [0.25, 0.3) is 0 Å². The molecule has 1 aromatic carbocycles. The molecule has 1 saturated heterocycles. The predicted molar refractivity (Wildman–Crippen MR) is 92.9 cm³/mol. The van der Waals surface area contributed by atoms with Crippen LogP contribution in [-0.4, -0.2) is 35.0 Å². The Balaban J connectivity index is 1.50. The highest BCUT2D eigenvalue weighted by Crippen LogP contribution is 2.15. The number of aromatic nitrogens is 1. The molecule has 2 heterocycles. The molecular formula is C18H24N4O2. The molecule has 1 aliphatic rings. The Morgan fingerprint density at radius 2 is 2.12 bits per heavy atom. The van der Waals surface area contributed by atoms with Crippen molar-refractivity contribution in [3.63, 3.8) is 0 Å². The number of oxazole rings is 1. The maximum atomic E-state index is 12.1. The molecule has 1 atom stereocenters. The first kappa shape index (κ1) is 16.5. The van der Waals surface area contributed by atoms with E-state index in [9.17, 15) is 4.79 Å². The van der Waals surface area contributed by atoms with Crippen LogP contribution in [0.4, 0.5) is 10.8 Å². The number of hydrogen-bond acceptors (Lipinski definition) is 4. The molecule has 0 bridgehead atoms. The number of hydrogen-bond donors (Lipinski definition) is 2. The molecule has 1 aromatic heterocycles. The van der Waals surface area contributed by atoms with Gasteiger partial charge in [-0.15, -0.1) is 0 Å². The summed E-state index contributed by atoms with van der Waals surface area (Å²) < 4.78 is 5.38. The van der Waals surface area contributed by atoms with E-state index in [2.05, 4.69) is 44.8 Å². The van der Waals surface area contributed by atoms with Gasteiger partial charge in [-0.05, 0) is 38.8 Å². The van der Waals surface area contributed by atoms with E-state index >= 15 is 0 Å². The van der Waals surface area contributed by atoms with Crippen LogP contribution in [-0.2, 0) is 6.54 Å². The second-order valence-corrected chi connectivity index (χ2v) is 6.32. The van der Waals surface area contributed by atoms with Gasteiger partial charge in [0.15, 0.2) is 0 Å². The van der Waals surface area contributed by atoms with Crippen LogP contribution >= 0.6 is 0 Å². The molecule has 128 valence electrons. The second-order valence-electron chi connectivity index (χ2n) is 6.32. The van der Waals surface area contributed by atoms with Gasteiger partial charge in [0.05, 0.1) is 5.69 Å². The third-order valence-electron chi connectivity index (χ3n) is 4.34. The highest BCUT2D eigenvalue weighted by molar-refractivity contribution is 5.87. The van der Waals surface area contributed by atoms with Crippen molar-refractivity contribution in [3.05, 3.63) is 47.3 Å². The zero-order valence-corrected chi connectivity index (χ0v) is 14.2. The number of likely N-dealkylation sites (tertiary alicyclic amines) is 1. The molecule has 24 heavy (non-hydrogen) atoms. The molecule has 0 aliphatic carbocycles. The molecule has 2 amide bonds. The van der Waals surface area contributed by atoms with Crippen molar-refractivity contribution in [2.45, 2.75) is 39.3 Å². The predicted octanol–water partition coefficient (Wildman–Crippen LogP) is 3.08. The van der Waals surface area contributed by atoms with Crippen LogP contribution in [0, 0.1) is 13.8 Å². The first-order chi connectivity index (χ1) is 11.6. The number of rotatable bonds is 4. The van der Waals surface area contributed by atoms with Gasteiger partial charge < -0.3 is 9.73 Å². The third-order valence-corrected chi connectivity index (χ3v) is 4.34. The van der Waals surface area contributed by atoms with Crippen molar-refractivity contribution in [3.8, 4) is 0 Å². The maximum Gasteiger partial charge on any atom is 0.323 e. The highest BCUT2D eigenvalue weighted by atomic mass is 16.4. The summed E-state index contributed by atoms with van der Waals surface area (Å²) in [6.07, 6.45) is 2.07. The average Bonchev–Trinajstić information content (AvgIpc) is 2.86. The molecule has 0 radical (unpaired) electrons. The Morgan fingerprint density at radius 3 is 2.83 bits per heavy atom. The molecule has 1 fully saturated rings. The second kappa shape index (κ2) is 7.49. The number of amides is 2. The number of urea groups is 1. The van der Waals surface area contributed by atoms with Gasteiger partial charge in [0.2, 0.25) is 0 Å². The highest BCUT2D eigenvalue weighted by Gasteiger charge is 2.22. The Hall–Kier alpha value is -2.34. The van der Waals surface area contributed by atoms with E-state index in [1.807, 2.05) is 19.9 Å². The lowest BCUT2D eigenvalue weighted by molar-refractivity contribution is 0.183. The normalized spacial score (nSPS) is 18.3. The van der Waals surface area contributed by atoms with E-state index in [1.165, 1.54) is 5.56 Å². The maximum absolute atomic E-state index is 12.1. The number of piperidine rings is 1. The Morgan fingerprint density at radius 1 is 1.33 bits per heavy atom. The monoisotopic (exact) mass is 328 g/mol. The molecular weight excluding hydrogens is 304 g/mol. The van der Waals surface area contributed by atoms with Crippen LogP contribution in [0.1, 0.15) is 29.9 Å². The van der Waals surface area contributed by atoms with Crippen molar-refractivity contribution < 1.29 is 9.21 Å². The average molecular weight is 328 g/mol. The summed E-state index contributed by atoms with van der Waals surface area (Å²) in [5.41, 5.74) is 2.09. The lowest BCUT2D eigenvalue weighted by Gasteiger charge is -2.33. The number of nitrogens with one attached hydrogen (secondary N) is 2. The lowest BCUT2D eigenvalue weighted by atomic mass is 10.0. The Labute approximate surface area is 142 Å². The van der Waals surface area contributed by atoms with Gasteiger partial charge in [-0.2, -0.15) is 4.98 Å². The van der Waals surface area contributed by atoms with E-state index in [1.54, 1.807) is 0 Å². The quantitative estimate of drug-likeness (QED) is 0.905. The van der Waals surface area contributed by atoms with Crippen molar-refractivity contribution in [2.75, 3.05) is 18.4 Å². The van der Waals surface area contributed by atoms with Crippen LogP contribution < -0.4 is 10.6 Å². The molecule has 6 heteroatoms. The van der Waals surface area contributed by atoms with E-state index in [-0.39, 0.29) is 18.1 Å². The third kappa shape index (κ3) is 4.35. The van der Waals surface area contributed by atoms with Gasteiger partial charge >= 0.3 is 12.0 Å². The molecule has 0 spiro atoms. The summed E-state index contributed by atoms with van der Waals surface area (Å²) in [5.74, 6) is 0.719. The zero-order valence-electron chi connectivity index (χ0n) is 14.2. The summed E-state index contributed by atoms with van der Waals surface area (Å²) in [6.45, 7) is 6.51. The number of nitrogens with zero attached hydrogens (tertiary/aromatic N) is 2. The molecule has 2 N–H and O–H groups in total. The van der Waals surface area contributed by atoms with Crippen LogP contribution in [0.3, 0.4) is 0 Å². The molecule has 1 aliphatic heterocycles. The topological polar surface area (TPSA) is 70.4 Å². The lowest BCUT2D eigenvalue weighted by Crippen LogP contribution is -2.48. The first-order valence-corrected chi connectivity index (χ1v) is 8.38. The van der Waals surface area contributed by atoms with Crippen molar-refractivity contribution >= 4 is 12.0 Å². The summed E-state index contributed by atoms with van der Waals surface area (Å²) >= 11 is 0. The van der Waals surface area contributed by atoms with Gasteiger partial charge in [-0.1, -0.05) is 30.3 Å². The minimum Gasteiger partial charge on any atom is -0.428 e. The summed E-state index contributed by atoms with van der Waals surface area (Å²) in [4.78, 5) is 18.7. The number of carbonyl (C=O) groups excluding carboxylic acids is 1. The Bertz CT molecular complexity index is 664. The van der Waals surface area contributed by atoms with Crippen molar-refractivity contribution in [2.24, 2.45) is 0 Å². The standard InChI is InChI=1S/C18H24N4O2/c1-13-14(2)24-18(19-13)21-17(23)20-16-9-6-10-22(12-16)11-15-7-4-3-5-8-15/h3-5,7-8,16H,6,9-12H2,1-2H3,(H2,19,20,21,23). The van der Waals surface area contributed by atoms with E-state index < -0.39 is 0 Å². The Kier molecular flexibility index (Phi) is 5.15.